The summed E-state index contributed by atoms with van der Waals surface area (Å²) >= 11 is 0. The molecule has 0 radical (unpaired) electrons. The van der Waals surface area contributed by atoms with E-state index < -0.39 is 46.6 Å². The van der Waals surface area contributed by atoms with E-state index in [2.05, 4.69) is 0 Å². The molecule has 2 atom stereocenters. The molecule has 2 unspecified atom stereocenters. The Labute approximate surface area is 450 Å². The van der Waals surface area contributed by atoms with Gasteiger partial charge in [-0.05, 0) is 164 Å². The lowest BCUT2D eigenvalue weighted by Gasteiger charge is -2.33. The number of fused-ring (bicyclic) bond motifs is 6. The first-order valence-electron chi connectivity index (χ1n) is 26.8. The third-order valence-corrected chi connectivity index (χ3v) is 16.2. The zero-order valence-corrected chi connectivity index (χ0v) is 45.2. The fourth-order valence-electron chi connectivity index (χ4n) is 12.3. The van der Waals surface area contributed by atoms with Crippen molar-refractivity contribution in [1.82, 2.24) is 19.1 Å². The first-order chi connectivity index (χ1) is 37.3. The van der Waals surface area contributed by atoms with Crippen LogP contribution in [0.1, 0.15) is 110 Å². The lowest BCUT2D eigenvalue weighted by molar-refractivity contribution is 0.0542. The quantitative estimate of drug-likeness (QED) is 0.130. The number of aromatic nitrogens is 4. The minimum atomic E-state index is -1.10. The van der Waals surface area contributed by atoms with Crippen LogP contribution in [0.15, 0.2) is 119 Å². The van der Waals surface area contributed by atoms with Crippen LogP contribution in [0.2, 0.25) is 0 Å². The minimum Gasteiger partial charge on any atom is -0.469 e. The predicted octanol–water partition coefficient (Wildman–Crippen LogP) is 15.2. The Morgan fingerprint density at radius 1 is 0.513 bits per heavy atom. The van der Waals surface area contributed by atoms with Crippen LogP contribution in [0.25, 0.3) is 66.1 Å². The Hall–Kier alpha value is -7.10. The molecule has 0 saturated carbocycles. The number of ether oxygens (including phenoxy) is 2. The van der Waals surface area contributed by atoms with Crippen molar-refractivity contribution in [3.05, 3.63) is 178 Å². The Kier molecular flexibility index (Phi) is 14.0. The van der Waals surface area contributed by atoms with Crippen LogP contribution >= 0.6 is 0 Å². The summed E-state index contributed by atoms with van der Waals surface area (Å²) in [6.07, 6.45) is 9.76. The molecule has 4 aromatic carbocycles. The fraction of sp³-hybridized carbons (Fsp3) is 0.344. The second kappa shape index (κ2) is 20.6. The molecule has 2 aliphatic rings. The number of rotatable bonds is 10. The molecular weight excluding hydrogens is 997 g/mol. The predicted molar refractivity (Wildman–Crippen MR) is 295 cm³/mol. The maximum atomic E-state index is 15.6. The normalized spacial score (nSPS) is 15.9. The highest BCUT2D eigenvalue weighted by Gasteiger charge is 2.37. The van der Waals surface area contributed by atoms with Crippen LogP contribution in [0, 0.1) is 62.8 Å². The van der Waals surface area contributed by atoms with Gasteiger partial charge in [-0.25, -0.2) is 17.6 Å². The van der Waals surface area contributed by atoms with Gasteiger partial charge in [0.2, 0.25) is 0 Å². The Bertz CT molecular complexity index is 3550. The van der Waals surface area contributed by atoms with Crippen LogP contribution in [0.4, 0.5) is 17.6 Å². The summed E-state index contributed by atoms with van der Waals surface area (Å²) in [5.41, 5.74) is 9.50. The highest BCUT2D eigenvalue weighted by Crippen LogP contribution is 2.46. The highest BCUT2D eigenvalue weighted by molar-refractivity contribution is 6.08. The molecule has 404 valence electrons. The van der Waals surface area contributed by atoms with Gasteiger partial charge in [-0.3, -0.25) is 9.97 Å². The third-order valence-electron chi connectivity index (χ3n) is 16.2. The first-order valence-corrected chi connectivity index (χ1v) is 26.8. The molecule has 2 N–H and O–H groups in total. The van der Waals surface area contributed by atoms with Crippen LogP contribution in [0.5, 0.6) is 0 Å². The van der Waals surface area contributed by atoms with Gasteiger partial charge in [0.15, 0.2) is 0 Å². The van der Waals surface area contributed by atoms with Crippen LogP contribution in [0.3, 0.4) is 0 Å². The molecule has 10 aromatic rings. The van der Waals surface area contributed by atoms with Gasteiger partial charge in [0.1, 0.15) is 34.8 Å². The summed E-state index contributed by atoms with van der Waals surface area (Å²) in [4.78, 5) is 9.78. The van der Waals surface area contributed by atoms with E-state index in [9.17, 15) is 10.2 Å². The van der Waals surface area contributed by atoms with Crippen molar-refractivity contribution in [3.8, 4) is 22.3 Å². The van der Waals surface area contributed by atoms with Gasteiger partial charge in [0.05, 0.1) is 68.9 Å². The van der Waals surface area contributed by atoms with Crippen molar-refractivity contribution in [2.75, 3.05) is 26.4 Å². The molecule has 14 heteroatoms. The van der Waals surface area contributed by atoms with E-state index in [1.807, 2.05) is 97.8 Å². The maximum Gasteiger partial charge on any atom is 0.131 e. The second-order valence-electron chi connectivity index (χ2n) is 22.3. The molecule has 6 aromatic heterocycles. The van der Waals surface area contributed by atoms with Gasteiger partial charge >= 0.3 is 0 Å². The van der Waals surface area contributed by atoms with Gasteiger partial charge < -0.3 is 37.7 Å². The summed E-state index contributed by atoms with van der Waals surface area (Å²) in [6.45, 7) is 16.8. The average Bonchev–Trinajstić information content (AvgIpc) is 4.21. The molecule has 2 aliphatic heterocycles. The molecule has 0 aliphatic carbocycles. The van der Waals surface area contributed by atoms with Crippen LogP contribution in [-0.2, 0) is 20.7 Å². The lowest BCUT2D eigenvalue weighted by Crippen LogP contribution is -2.28. The van der Waals surface area contributed by atoms with Crippen LogP contribution in [-0.4, -0.2) is 55.7 Å². The number of hydrogen-bond acceptors (Lipinski definition) is 8. The van der Waals surface area contributed by atoms with Crippen molar-refractivity contribution < 1.29 is 46.1 Å². The fourth-order valence-corrected chi connectivity index (χ4v) is 12.3. The van der Waals surface area contributed by atoms with Gasteiger partial charge in [-0.1, -0.05) is 36.4 Å². The Morgan fingerprint density at radius 2 is 0.872 bits per heavy atom. The second-order valence-corrected chi connectivity index (χ2v) is 22.3. The minimum absolute atomic E-state index is 0.0398. The monoisotopic (exact) mass is 1060 g/mol. The van der Waals surface area contributed by atoms with Gasteiger partial charge in [-0.2, -0.15) is 0 Å². The number of hydrogen-bond donors (Lipinski definition) is 2. The molecule has 2 saturated heterocycles. The average molecular weight is 1060 g/mol. The van der Waals surface area contributed by atoms with Gasteiger partial charge in [-0.15, -0.1) is 0 Å². The summed E-state index contributed by atoms with van der Waals surface area (Å²) in [5.74, 6) is -0.900. The van der Waals surface area contributed by atoms with Gasteiger partial charge in [0, 0.05) is 83.0 Å². The summed E-state index contributed by atoms with van der Waals surface area (Å²) in [7, 11) is 0. The Morgan fingerprint density at radius 3 is 1.19 bits per heavy atom. The molecular formula is C64H64F4N4O6. The maximum absolute atomic E-state index is 15.6. The largest absolute Gasteiger partial charge is 0.469 e. The molecule has 12 rings (SSSR count). The number of pyridine rings is 2. The number of aliphatic hydroxyl groups is 2. The van der Waals surface area contributed by atoms with Crippen molar-refractivity contribution >= 4 is 43.9 Å². The SMILES string of the molecule is Cc1coc(C)c1-c1cnc2c3ccc(C(C)(C)O)cc3n(C(c3c(F)cccc3F)C3CCOCC3)c2c1.Cc1coc(C)c1-c1cnc2c3ccc(C(C)(C)O)cc3n(C(c3c(F)cccc3F)C3CCOCC3)c2c1. The van der Waals surface area contributed by atoms with E-state index in [1.165, 1.54) is 36.4 Å². The van der Waals surface area contributed by atoms with E-state index in [-0.39, 0.29) is 23.0 Å². The number of nitrogens with zero attached hydrogens (tertiary/aromatic N) is 4. The summed E-state index contributed by atoms with van der Waals surface area (Å²) in [6, 6.07) is 22.4. The van der Waals surface area contributed by atoms with Crippen molar-refractivity contribution in [2.45, 2.75) is 104 Å². The van der Waals surface area contributed by atoms with E-state index in [0.29, 0.717) is 63.2 Å². The molecule has 78 heavy (non-hydrogen) atoms. The standard InChI is InChI=1S/2C32H32F2N2O3/c2*1-18-17-39-19(2)28(18)21-14-27-30(35-16-21)23-9-8-22(32(3,4)37)15-26(23)36(27)31(20-10-12-38-13-11-20)29-24(33)6-5-7-25(29)34/h2*5-9,14-17,20,31,37H,10-13H2,1-4H3. The number of furan rings is 2. The summed E-state index contributed by atoms with van der Waals surface area (Å²) in [5, 5.41) is 23.5. The van der Waals surface area contributed by atoms with E-state index in [4.69, 9.17) is 28.3 Å². The zero-order chi connectivity index (χ0) is 54.9. The van der Waals surface area contributed by atoms with E-state index >= 15 is 17.6 Å². The molecule has 0 bridgehead atoms. The number of halogens is 4. The number of aryl methyl sites for hydroxylation is 4. The Balaban J connectivity index is 0.000000165. The van der Waals surface area contributed by atoms with Crippen molar-refractivity contribution in [1.29, 1.82) is 0 Å². The molecule has 10 nitrogen and oxygen atoms in total. The molecule has 0 spiro atoms. The molecule has 0 amide bonds. The van der Waals surface area contributed by atoms with E-state index in [0.717, 1.165) is 88.8 Å². The smallest absolute Gasteiger partial charge is 0.131 e. The lowest BCUT2D eigenvalue weighted by atomic mass is 9.86. The van der Waals surface area contributed by atoms with Crippen LogP contribution < -0.4 is 0 Å². The van der Waals surface area contributed by atoms with Gasteiger partial charge in [0.25, 0.3) is 0 Å². The topological polar surface area (TPSA) is 121 Å². The number of benzene rings is 4. The third kappa shape index (κ3) is 9.50. The molecule has 8 heterocycles. The van der Waals surface area contributed by atoms with E-state index in [1.54, 1.807) is 40.2 Å². The van der Waals surface area contributed by atoms with Crippen molar-refractivity contribution in [2.24, 2.45) is 11.8 Å². The highest BCUT2D eigenvalue weighted by atomic mass is 19.1. The zero-order valence-electron chi connectivity index (χ0n) is 45.2. The first kappa shape index (κ1) is 52.9. The van der Waals surface area contributed by atoms with Crippen molar-refractivity contribution in [3.63, 3.8) is 0 Å². The summed E-state index contributed by atoms with van der Waals surface area (Å²) < 4.78 is 89.0. The molecule has 2 fully saturated rings.